The summed E-state index contributed by atoms with van der Waals surface area (Å²) in [7, 11) is 0. The Bertz CT molecular complexity index is 553. The van der Waals surface area contributed by atoms with Crippen LogP contribution in [0.25, 0.3) is 0 Å². The van der Waals surface area contributed by atoms with Crippen LogP contribution in [-0.2, 0) is 9.53 Å². The maximum Gasteiger partial charge on any atom is 0.409 e. The van der Waals surface area contributed by atoms with Crippen molar-refractivity contribution in [3.63, 3.8) is 0 Å². The van der Waals surface area contributed by atoms with Gasteiger partial charge in [-0.15, -0.1) is 0 Å². The highest BCUT2D eigenvalue weighted by molar-refractivity contribution is 5.78. The molecule has 0 bridgehead atoms. The summed E-state index contributed by atoms with van der Waals surface area (Å²) in [5, 5.41) is 2.94. The van der Waals surface area contributed by atoms with Gasteiger partial charge in [0, 0.05) is 19.1 Å². The second kappa shape index (κ2) is 9.76. The van der Waals surface area contributed by atoms with Crippen LogP contribution >= 0.6 is 0 Å². The second-order valence-corrected chi connectivity index (χ2v) is 5.72. The first-order chi connectivity index (χ1) is 12.1. The second-order valence-electron chi connectivity index (χ2n) is 5.72. The van der Waals surface area contributed by atoms with E-state index in [2.05, 4.69) is 5.32 Å². The Balaban J connectivity index is 1.68. The van der Waals surface area contributed by atoms with Gasteiger partial charge in [-0.25, -0.2) is 4.79 Å². The molecule has 1 aromatic rings. The molecular formula is C18H26N2O5. The molecule has 1 aromatic carbocycles. The summed E-state index contributed by atoms with van der Waals surface area (Å²) in [6, 6.07) is 7.22. The number of likely N-dealkylation sites (tertiary alicyclic amines) is 1. The van der Waals surface area contributed by atoms with Crippen molar-refractivity contribution in [1.29, 1.82) is 0 Å². The van der Waals surface area contributed by atoms with Crippen LogP contribution in [0.2, 0.25) is 0 Å². The average Bonchev–Trinajstić information content (AvgIpc) is 2.62. The third-order valence-corrected chi connectivity index (χ3v) is 3.89. The van der Waals surface area contributed by atoms with E-state index >= 15 is 0 Å². The largest absolute Gasteiger partial charge is 0.494 e. The molecule has 2 rings (SSSR count). The van der Waals surface area contributed by atoms with Crippen LogP contribution in [0, 0.1) is 0 Å². The van der Waals surface area contributed by atoms with E-state index in [0.717, 1.165) is 5.75 Å². The number of hydrogen-bond donors (Lipinski definition) is 1. The zero-order valence-electron chi connectivity index (χ0n) is 14.8. The zero-order chi connectivity index (χ0) is 18.1. The van der Waals surface area contributed by atoms with Crippen molar-refractivity contribution in [3.05, 3.63) is 24.3 Å². The number of carbonyl (C=O) groups excluding carboxylic acids is 2. The SMILES string of the molecule is CCOC(=O)N1CCC(NC(=O)COc2ccc(OCC)cc2)CC1. The summed E-state index contributed by atoms with van der Waals surface area (Å²) in [6.45, 7) is 5.83. The number of ether oxygens (including phenoxy) is 3. The van der Waals surface area contributed by atoms with E-state index in [-0.39, 0.29) is 24.6 Å². The van der Waals surface area contributed by atoms with Gasteiger partial charge >= 0.3 is 6.09 Å². The smallest absolute Gasteiger partial charge is 0.409 e. The fourth-order valence-corrected chi connectivity index (χ4v) is 2.64. The molecule has 2 amide bonds. The lowest BCUT2D eigenvalue weighted by Gasteiger charge is -2.31. The molecule has 1 fully saturated rings. The standard InChI is InChI=1S/C18H26N2O5/c1-3-23-15-5-7-16(8-6-15)25-13-17(21)19-14-9-11-20(12-10-14)18(22)24-4-2/h5-8,14H,3-4,9-13H2,1-2H3,(H,19,21). The van der Waals surface area contributed by atoms with Crippen molar-refractivity contribution in [2.75, 3.05) is 32.9 Å². The monoisotopic (exact) mass is 350 g/mol. The van der Waals surface area contributed by atoms with Crippen molar-refractivity contribution >= 4 is 12.0 Å². The van der Waals surface area contributed by atoms with Gasteiger partial charge in [0.05, 0.1) is 13.2 Å². The molecule has 0 aliphatic carbocycles. The molecule has 0 spiro atoms. The van der Waals surface area contributed by atoms with Crippen LogP contribution in [0.3, 0.4) is 0 Å². The summed E-state index contributed by atoms with van der Waals surface area (Å²) in [5.41, 5.74) is 0. The number of hydrogen-bond acceptors (Lipinski definition) is 5. The van der Waals surface area contributed by atoms with Gasteiger partial charge in [-0.2, -0.15) is 0 Å². The van der Waals surface area contributed by atoms with Crippen LogP contribution in [0.1, 0.15) is 26.7 Å². The summed E-state index contributed by atoms with van der Waals surface area (Å²) in [4.78, 5) is 25.3. The minimum atomic E-state index is -0.286. The number of piperidine rings is 1. The Hall–Kier alpha value is -2.44. The predicted molar refractivity (Wildman–Crippen MR) is 92.9 cm³/mol. The maximum absolute atomic E-state index is 12.0. The third kappa shape index (κ3) is 6.17. The van der Waals surface area contributed by atoms with Crippen molar-refractivity contribution < 1.29 is 23.8 Å². The van der Waals surface area contributed by atoms with Gasteiger partial charge < -0.3 is 24.4 Å². The lowest BCUT2D eigenvalue weighted by Crippen LogP contribution is -2.47. The predicted octanol–water partition coefficient (Wildman–Crippen LogP) is 2.20. The van der Waals surface area contributed by atoms with Crippen LogP contribution in [-0.4, -0.2) is 55.9 Å². The molecule has 7 heteroatoms. The summed E-state index contributed by atoms with van der Waals surface area (Å²) in [6.07, 6.45) is 1.15. The van der Waals surface area contributed by atoms with Crippen molar-refractivity contribution in [3.8, 4) is 11.5 Å². The molecule has 138 valence electrons. The molecule has 7 nitrogen and oxygen atoms in total. The molecule has 1 heterocycles. The van der Waals surface area contributed by atoms with Crippen molar-refractivity contribution in [1.82, 2.24) is 10.2 Å². The van der Waals surface area contributed by atoms with Gasteiger partial charge in [0.15, 0.2) is 6.61 Å². The first-order valence-corrected chi connectivity index (χ1v) is 8.69. The summed E-state index contributed by atoms with van der Waals surface area (Å²) in [5.74, 6) is 1.23. The Morgan fingerprint density at radius 3 is 2.20 bits per heavy atom. The number of benzene rings is 1. The Morgan fingerprint density at radius 1 is 1.04 bits per heavy atom. The molecule has 1 aliphatic heterocycles. The summed E-state index contributed by atoms with van der Waals surface area (Å²) < 4.78 is 15.8. The fraction of sp³-hybridized carbons (Fsp3) is 0.556. The molecule has 0 saturated carbocycles. The molecular weight excluding hydrogens is 324 g/mol. The molecule has 0 atom stereocenters. The maximum atomic E-state index is 12.0. The number of carbonyl (C=O) groups is 2. The third-order valence-electron chi connectivity index (χ3n) is 3.89. The molecule has 0 radical (unpaired) electrons. The Kier molecular flexibility index (Phi) is 7.37. The molecule has 25 heavy (non-hydrogen) atoms. The van der Waals surface area contributed by atoms with E-state index in [9.17, 15) is 9.59 Å². The van der Waals surface area contributed by atoms with Gasteiger partial charge in [0.2, 0.25) is 0 Å². The van der Waals surface area contributed by atoms with E-state index in [0.29, 0.717) is 44.9 Å². The first-order valence-electron chi connectivity index (χ1n) is 8.69. The zero-order valence-corrected chi connectivity index (χ0v) is 14.8. The average molecular weight is 350 g/mol. The molecule has 1 aliphatic rings. The van der Waals surface area contributed by atoms with E-state index in [1.54, 1.807) is 24.0 Å². The number of nitrogens with zero attached hydrogens (tertiary/aromatic N) is 1. The van der Waals surface area contributed by atoms with Gasteiger partial charge in [-0.1, -0.05) is 0 Å². The minimum absolute atomic E-state index is 0.0356. The summed E-state index contributed by atoms with van der Waals surface area (Å²) >= 11 is 0. The lowest BCUT2D eigenvalue weighted by atomic mass is 10.1. The highest BCUT2D eigenvalue weighted by atomic mass is 16.6. The van der Waals surface area contributed by atoms with Gasteiger partial charge in [0.1, 0.15) is 11.5 Å². The van der Waals surface area contributed by atoms with Crippen molar-refractivity contribution in [2.24, 2.45) is 0 Å². The van der Waals surface area contributed by atoms with E-state index in [1.807, 2.05) is 19.1 Å². The van der Waals surface area contributed by atoms with E-state index < -0.39 is 0 Å². The van der Waals surface area contributed by atoms with Gasteiger partial charge in [-0.05, 0) is 51.0 Å². The van der Waals surface area contributed by atoms with E-state index in [4.69, 9.17) is 14.2 Å². The van der Waals surface area contributed by atoms with Crippen LogP contribution < -0.4 is 14.8 Å². The molecule has 0 unspecified atom stereocenters. The van der Waals surface area contributed by atoms with Gasteiger partial charge in [0.25, 0.3) is 5.91 Å². The first kappa shape index (κ1) is 18.9. The highest BCUT2D eigenvalue weighted by Crippen LogP contribution is 2.17. The molecule has 0 aromatic heterocycles. The quantitative estimate of drug-likeness (QED) is 0.816. The van der Waals surface area contributed by atoms with E-state index in [1.165, 1.54) is 0 Å². The van der Waals surface area contributed by atoms with Crippen LogP contribution in [0.5, 0.6) is 11.5 Å². The fourth-order valence-electron chi connectivity index (χ4n) is 2.64. The molecule has 1 saturated heterocycles. The Morgan fingerprint density at radius 2 is 1.64 bits per heavy atom. The number of rotatable bonds is 7. The number of amides is 2. The normalized spacial score (nSPS) is 14.7. The lowest BCUT2D eigenvalue weighted by molar-refractivity contribution is -0.124. The van der Waals surface area contributed by atoms with Crippen molar-refractivity contribution in [2.45, 2.75) is 32.7 Å². The Labute approximate surface area is 148 Å². The van der Waals surface area contributed by atoms with Crippen LogP contribution in [0.15, 0.2) is 24.3 Å². The number of nitrogens with one attached hydrogen (secondary N) is 1. The topological polar surface area (TPSA) is 77.1 Å². The van der Waals surface area contributed by atoms with Gasteiger partial charge in [-0.3, -0.25) is 4.79 Å². The highest BCUT2D eigenvalue weighted by Gasteiger charge is 2.24. The minimum Gasteiger partial charge on any atom is -0.494 e. The van der Waals surface area contributed by atoms with Crippen LogP contribution in [0.4, 0.5) is 4.79 Å². The molecule has 1 N–H and O–H groups in total.